The predicted octanol–water partition coefficient (Wildman–Crippen LogP) is 4.42. The Morgan fingerprint density at radius 3 is 1.83 bits per heavy atom. The summed E-state index contributed by atoms with van der Waals surface area (Å²) in [6.07, 6.45) is 0. The van der Waals surface area contributed by atoms with Crippen LogP contribution in [0.15, 0.2) is 39.7 Å². The van der Waals surface area contributed by atoms with Gasteiger partial charge >= 0.3 is 0 Å². The monoisotopic (exact) mass is 533 g/mol. The van der Waals surface area contributed by atoms with Crippen LogP contribution in [0.3, 0.4) is 0 Å². The summed E-state index contributed by atoms with van der Waals surface area (Å²) >= 11 is 9.78. The molecule has 9 heteroatoms. The average molecular weight is 536 g/mol. The van der Waals surface area contributed by atoms with Crippen LogP contribution in [0.1, 0.15) is 5.56 Å². The normalized spacial score (nSPS) is 10.5. The predicted molar refractivity (Wildman–Crippen MR) is 108 cm³/mol. The van der Waals surface area contributed by atoms with Gasteiger partial charge in [-0.3, -0.25) is 4.90 Å². The first kappa shape index (κ1) is 26.0. The number of hydroxylamine groups is 2. The maximum Gasteiger partial charge on any atom is 0.231 e. The molecular weight excluding hydrogens is 512 g/mol. The third kappa shape index (κ3) is 6.93. The van der Waals surface area contributed by atoms with Crippen molar-refractivity contribution in [3.05, 3.63) is 45.3 Å². The number of aromatic hydroxyl groups is 1. The van der Waals surface area contributed by atoms with Gasteiger partial charge in [-0.25, -0.2) is 0 Å². The van der Waals surface area contributed by atoms with Crippen LogP contribution in [0.25, 0.3) is 0 Å². The molecule has 1 rings (SSSR count). The first-order valence-electron chi connectivity index (χ1n) is 6.61. The Hall–Kier alpha value is -0.260. The first-order valence-corrected chi connectivity index (χ1v) is 8.99. The molecular formula is C15H24Br3N2O4+. The van der Waals surface area contributed by atoms with E-state index in [0.717, 1.165) is 7.05 Å². The van der Waals surface area contributed by atoms with E-state index in [2.05, 4.69) is 74.1 Å². The van der Waals surface area contributed by atoms with E-state index in [-0.39, 0.29) is 22.5 Å². The summed E-state index contributed by atoms with van der Waals surface area (Å²) in [7, 11) is 2.96. The number of aliphatic hydroxyl groups excluding tert-OH is 1. The molecule has 0 bridgehead atoms. The number of benzene rings is 1. The molecule has 1 aromatic rings. The summed E-state index contributed by atoms with van der Waals surface area (Å²) in [4.78, 5) is 0.403. The van der Waals surface area contributed by atoms with Crippen LogP contribution in [0.2, 0.25) is 0 Å². The summed E-state index contributed by atoms with van der Waals surface area (Å²) < 4.78 is 1.07. The van der Waals surface area contributed by atoms with Crippen LogP contribution < -0.4 is 4.81 Å². The minimum absolute atomic E-state index is 0.00881. The van der Waals surface area contributed by atoms with Gasteiger partial charge in [0.1, 0.15) is 11.5 Å². The van der Waals surface area contributed by atoms with Crippen molar-refractivity contribution in [3.8, 4) is 5.75 Å². The molecule has 24 heavy (non-hydrogen) atoms. The molecule has 0 fully saturated rings. The number of rotatable bonds is 5. The minimum Gasteiger partial charge on any atom is -0.505 e. The van der Waals surface area contributed by atoms with Gasteiger partial charge in [0.25, 0.3) is 0 Å². The fraction of sp³-hybridized carbons (Fsp3) is 0.333. The Morgan fingerprint density at radius 1 is 1.00 bits per heavy atom. The molecule has 0 aliphatic heterocycles. The van der Waals surface area contributed by atoms with Gasteiger partial charge in [-0.1, -0.05) is 0 Å². The number of phenolic OH excluding ortho intramolecular Hbond substituents is 1. The minimum atomic E-state index is -1.43. The van der Waals surface area contributed by atoms with E-state index in [1.54, 1.807) is 7.05 Å². The van der Waals surface area contributed by atoms with Crippen LogP contribution in [-0.2, 0) is 6.54 Å². The molecule has 4 N–H and O–H groups in total. The Balaban J connectivity index is 0. The Labute approximate surface area is 168 Å². The fourth-order valence-corrected chi connectivity index (χ4v) is 4.63. The van der Waals surface area contributed by atoms with Crippen LogP contribution >= 0.6 is 47.8 Å². The molecule has 6 nitrogen and oxygen atoms in total. The number of likely N-dealkylation sites (N-methyl/N-ethyl adjacent to an activating group) is 1. The SMILES string of the molecule is C=C.C=C.CN(CCO)Cc1c(Br)c(O)c(Br)c([N+](C)(O)O)c1Br. The van der Waals surface area contributed by atoms with Gasteiger partial charge in [0.2, 0.25) is 5.69 Å². The molecule has 0 saturated heterocycles. The van der Waals surface area contributed by atoms with Crippen molar-refractivity contribution in [1.82, 2.24) is 9.71 Å². The molecule has 0 aliphatic carbocycles. The highest BCUT2D eigenvalue weighted by molar-refractivity contribution is 9.11. The van der Waals surface area contributed by atoms with Gasteiger partial charge < -0.3 is 10.2 Å². The first-order chi connectivity index (χ1) is 11.1. The van der Waals surface area contributed by atoms with Gasteiger partial charge in [0.15, 0.2) is 5.75 Å². The van der Waals surface area contributed by atoms with Gasteiger partial charge in [0.05, 0.1) is 15.6 Å². The van der Waals surface area contributed by atoms with E-state index in [0.29, 0.717) is 27.6 Å². The molecule has 0 aromatic heterocycles. The van der Waals surface area contributed by atoms with Gasteiger partial charge in [0, 0.05) is 18.7 Å². The maximum absolute atomic E-state index is 10.1. The summed E-state index contributed by atoms with van der Waals surface area (Å²) in [6.45, 7) is 12.9. The van der Waals surface area contributed by atoms with Crippen molar-refractivity contribution in [3.63, 3.8) is 0 Å². The van der Waals surface area contributed by atoms with Crippen LogP contribution in [0.5, 0.6) is 5.75 Å². The lowest BCUT2D eigenvalue weighted by atomic mass is 10.1. The lowest BCUT2D eigenvalue weighted by Crippen LogP contribution is -2.37. The molecule has 138 valence electrons. The highest BCUT2D eigenvalue weighted by Crippen LogP contribution is 2.48. The molecule has 0 amide bonds. The van der Waals surface area contributed by atoms with Crippen LogP contribution in [0.4, 0.5) is 5.69 Å². The maximum atomic E-state index is 10.1. The van der Waals surface area contributed by atoms with Gasteiger partial charge in [-0.15, -0.1) is 26.3 Å². The number of aliphatic hydroxyl groups is 1. The van der Waals surface area contributed by atoms with E-state index >= 15 is 0 Å². The number of hydrogen-bond donors (Lipinski definition) is 4. The summed E-state index contributed by atoms with van der Waals surface area (Å²) in [5.74, 6) is -0.122. The zero-order chi connectivity index (χ0) is 19.7. The van der Waals surface area contributed by atoms with E-state index in [9.17, 15) is 15.5 Å². The van der Waals surface area contributed by atoms with Crippen molar-refractivity contribution in [2.75, 3.05) is 27.2 Å². The highest BCUT2D eigenvalue weighted by Gasteiger charge is 2.33. The summed E-state index contributed by atoms with van der Waals surface area (Å²) in [6, 6.07) is 0. The average Bonchev–Trinajstić information content (AvgIpc) is 2.52. The van der Waals surface area contributed by atoms with Crippen molar-refractivity contribution in [1.29, 1.82) is 0 Å². The second kappa shape index (κ2) is 12.2. The highest BCUT2D eigenvalue weighted by atomic mass is 79.9. The van der Waals surface area contributed by atoms with Gasteiger partial charge in [-0.05, 0) is 59.6 Å². The second-order valence-corrected chi connectivity index (χ2v) is 6.87. The second-order valence-electron chi connectivity index (χ2n) is 4.49. The molecule has 0 spiro atoms. The Kier molecular flexibility index (Phi) is 13.2. The van der Waals surface area contributed by atoms with Crippen molar-refractivity contribution in [2.24, 2.45) is 0 Å². The summed E-state index contributed by atoms with van der Waals surface area (Å²) in [5.41, 5.74) is 0.724. The Morgan fingerprint density at radius 2 is 1.46 bits per heavy atom. The molecule has 0 saturated carbocycles. The molecule has 0 radical (unpaired) electrons. The Bertz CT molecular complexity index is 535. The quantitative estimate of drug-likeness (QED) is 0.255. The standard InChI is InChI=1S/C11H15Br3N2O4.2C2H4/c1-15(3-4-17)5-6-7(12)10(16(2,19)20)9(14)11(18)8(6)13;2*1-2/h17,19-20H,3-5H2,1-2H3;2*1-2H2/p+1. The van der Waals surface area contributed by atoms with E-state index < -0.39 is 4.81 Å². The third-order valence-corrected chi connectivity index (χ3v) is 5.15. The number of quaternary nitrogens is 1. The largest absolute Gasteiger partial charge is 0.505 e. The van der Waals surface area contributed by atoms with Crippen LogP contribution in [0, 0.1) is 0 Å². The molecule has 0 aliphatic rings. The third-order valence-electron chi connectivity index (χ3n) is 2.69. The van der Waals surface area contributed by atoms with Gasteiger partial charge in [-0.2, -0.15) is 10.4 Å². The topological polar surface area (TPSA) is 84.2 Å². The smallest absolute Gasteiger partial charge is 0.231 e. The molecule has 0 heterocycles. The molecule has 1 aromatic carbocycles. The fourth-order valence-electron chi connectivity index (χ4n) is 1.72. The number of hydrogen-bond acceptors (Lipinski definition) is 5. The number of halogens is 3. The molecule has 0 atom stereocenters. The van der Waals surface area contributed by atoms with Crippen molar-refractivity contribution in [2.45, 2.75) is 6.54 Å². The zero-order valence-electron chi connectivity index (χ0n) is 13.8. The lowest BCUT2D eigenvalue weighted by Gasteiger charge is -2.23. The zero-order valence-corrected chi connectivity index (χ0v) is 18.5. The van der Waals surface area contributed by atoms with E-state index in [1.165, 1.54) is 0 Å². The van der Waals surface area contributed by atoms with E-state index in [4.69, 9.17) is 5.11 Å². The van der Waals surface area contributed by atoms with E-state index in [1.807, 2.05) is 4.90 Å². The number of phenols is 1. The van der Waals surface area contributed by atoms with Crippen LogP contribution in [-0.4, -0.2) is 52.8 Å². The van der Waals surface area contributed by atoms with Crippen molar-refractivity contribution < 1.29 is 20.6 Å². The number of nitrogens with zero attached hydrogens (tertiary/aromatic N) is 2. The molecule has 0 unspecified atom stereocenters. The summed E-state index contributed by atoms with van der Waals surface area (Å²) in [5, 5.41) is 38.6. The van der Waals surface area contributed by atoms with Crippen molar-refractivity contribution >= 4 is 53.5 Å². The lowest BCUT2D eigenvalue weighted by molar-refractivity contribution is -0.273.